The fraction of sp³-hybridized carbons (Fsp3) is 0.586. The zero-order chi connectivity index (χ0) is 27.0. The van der Waals surface area contributed by atoms with E-state index in [1.807, 2.05) is 0 Å². The van der Waals surface area contributed by atoms with E-state index in [0.717, 1.165) is 38.5 Å². The molecule has 0 unspecified atom stereocenters. The Hall–Kier alpha value is -2.90. The van der Waals surface area contributed by atoms with Crippen LogP contribution in [0, 0.1) is 23.7 Å². The topological polar surface area (TPSA) is 71.1 Å². The predicted octanol–water partition coefficient (Wildman–Crippen LogP) is 6.85. The Balaban J connectivity index is 1.39. The number of alkyl halides is 2. The summed E-state index contributed by atoms with van der Waals surface area (Å²) in [4.78, 5) is 23.0. The van der Waals surface area contributed by atoms with Crippen LogP contribution in [-0.2, 0) is 19.1 Å². The molecule has 8 heteroatoms. The summed E-state index contributed by atoms with van der Waals surface area (Å²) in [5.74, 6) is 0.0830. The van der Waals surface area contributed by atoms with Crippen molar-refractivity contribution in [3.63, 3.8) is 0 Å². The second-order valence-corrected chi connectivity index (χ2v) is 10.4. The van der Waals surface area contributed by atoms with E-state index in [1.165, 1.54) is 31.2 Å². The molecule has 1 aromatic rings. The lowest BCUT2D eigenvalue weighted by Crippen LogP contribution is -2.38. The van der Waals surface area contributed by atoms with Gasteiger partial charge >= 0.3 is 18.0 Å². The number of halogens is 2. The number of ether oxygens (including phenoxy) is 4. The number of benzene rings is 1. The van der Waals surface area contributed by atoms with Crippen molar-refractivity contribution in [3.8, 4) is 11.5 Å². The van der Waals surface area contributed by atoms with Gasteiger partial charge in [0.15, 0.2) is 0 Å². The lowest BCUT2D eigenvalue weighted by Gasteiger charge is -2.39. The molecule has 0 atom stereocenters. The highest BCUT2D eigenvalue weighted by Gasteiger charge is 2.45. The fourth-order valence-electron chi connectivity index (χ4n) is 5.19. The van der Waals surface area contributed by atoms with Gasteiger partial charge in [-0.3, -0.25) is 0 Å². The van der Waals surface area contributed by atoms with Crippen LogP contribution >= 0.6 is 0 Å². The summed E-state index contributed by atoms with van der Waals surface area (Å²) in [7, 11) is 0. The summed E-state index contributed by atoms with van der Waals surface area (Å²) in [5, 5.41) is 0. The van der Waals surface area contributed by atoms with Gasteiger partial charge in [-0.15, -0.1) is 0 Å². The smallest absolute Gasteiger partial charge is 0.400 e. The summed E-state index contributed by atoms with van der Waals surface area (Å²) >= 11 is 0. The highest BCUT2D eigenvalue weighted by Crippen LogP contribution is 2.45. The largest absolute Gasteiger partial charge is 0.462 e. The van der Waals surface area contributed by atoms with Gasteiger partial charge in [-0.25, -0.2) is 9.59 Å². The normalized spacial score (nSPS) is 24.0. The second kappa shape index (κ2) is 13.1. The third-order valence-electron chi connectivity index (χ3n) is 7.45. The van der Waals surface area contributed by atoms with Crippen molar-refractivity contribution in [2.45, 2.75) is 71.3 Å². The van der Waals surface area contributed by atoms with Crippen LogP contribution in [0.4, 0.5) is 8.78 Å². The van der Waals surface area contributed by atoms with E-state index in [9.17, 15) is 18.4 Å². The molecule has 3 rings (SSSR count). The molecule has 0 N–H and O–H groups in total. The van der Waals surface area contributed by atoms with Crippen LogP contribution < -0.4 is 9.47 Å². The van der Waals surface area contributed by atoms with Gasteiger partial charge in [0.2, 0.25) is 6.79 Å². The van der Waals surface area contributed by atoms with E-state index >= 15 is 0 Å². The zero-order valence-electron chi connectivity index (χ0n) is 21.8. The third-order valence-corrected chi connectivity index (χ3v) is 7.45. The lowest BCUT2D eigenvalue weighted by molar-refractivity contribution is -0.224. The van der Waals surface area contributed by atoms with Crippen LogP contribution in [0.3, 0.4) is 0 Å². The van der Waals surface area contributed by atoms with Gasteiger partial charge in [0.05, 0.1) is 12.5 Å². The summed E-state index contributed by atoms with van der Waals surface area (Å²) in [6.07, 6.45) is 3.28. The standard InChI is InChI=1S/C29H38F2O6/c1-19(2)27(32)34-17-21-5-7-22(8-6-21)23-9-11-24(12-10-23)29(30,31)37-26-15-13-25(14-16-26)35-18-36-28(33)20(3)4/h13-16,21-24H,1,3,5-12,17-18H2,2,4H3. The molecule has 0 aromatic heterocycles. The Kier molecular flexibility index (Phi) is 10.1. The summed E-state index contributed by atoms with van der Waals surface area (Å²) in [6.45, 7) is 10.4. The van der Waals surface area contributed by atoms with Crippen LogP contribution in [0.5, 0.6) is 11.5 Å². The van der Waals surface area contributed by atoms with Gasteiger partial charge in [0.25, 0.3) is 0 Å². The molecular weight excluding hydrogens is 482 g/mol. The number of esters is 2. The summed E-state index contributed by atoms with van der Waals surface area (Å²) < 4.78 is 50.4. The number of carbonyl (C=O) groups is 2. The van der Waals surface area contributed by atoms with E-state index in [4.69, 9.17) is 18.9 Å². The molecule has 0 bridgehead atoms. The first kappa shape index (κ1) is 28.7. The maximum absolute atomic E-state index is 14.9. The minimum Gasteiger partial charge on any atom is -0.462 e. The van der Waals surface area contributed by atoms with Crippen molar-refractivity contribution < 1.29 is 37.3 Å². The summed E-state index contributed by atoms with van der Waals surface area (Å²) in [6, 6.07) is 5.82. The maximum Gasteiger partial charge on any atom is 0.400 e. The SMILES string of the molecule is C=C(C)C(=O)OCOc1ccc(OC(F)(F)C2CCC(C3CCC(COC(=O)C(=C)C)CC3)CC2)cc1. The van der Waals surface area contributed by atoms with Crippen molar-refractivity contribution >= 4 is 11.9 Å². The van der Waals surface area contributed by atoms with Crippen molar-refractivity contribution in [1.82, 2.24) is 0 Å². The molecule has 0 aliphatic heterocycles. The Morgan fingerprint density at radius 2 is 1.30 bits per heavy atom. The number of carbonyl (C=O) groups excluding carboxylic acids is 2. The molecule has 37 heavy (non-hydrogen) atoms. The van der Waals surface area contributed by atoms with E-state index in [0.29, 0.717) is 48.5 Å². The maximum atomic E-state index is 14.9. The van der Waals surface area contributed by atoms with E-state index in [-0.39, 0.29) is 24.1 Å². The molecule has 6 nitrogen and oxygen atoms in total. The molecule has 0 radical (unpaired) electrons. The molecule has 204 valence electrons. The molecule has 0 saturated heterocycles. The van der Waals surface area contributed by atoms with Crippen LogP contribution in [0.1, 0.15) is 65.2 Å². The third kappa shape index (κ3) is 8.58. The molecule has 2 fully saturated rings. The van der Waals surface area contributed by atoms with Crippen LogP contribution in [0.15, 0.2) is 48.6 Å². The Bertz CT molecular complexity index is 942. The van der Waals surface area contributed by atoms with Crippen LogP contribution in [0.25, 0.3) is 0 Å². The Morgan fingerprint density at radius 1 is 0.811 bits per heavy atom. The lowest BCUT2D eigenvalue weighted by atomic mass is 9.69. The minimum atomic E-state index is -3.25. The van der Waals surface area contributed by atoms with E-state index < -0.39 is 18.0 Å². The van der Waals surface area contributed by atoms with Crippen molar-refractivity contribution in [3.05, 3.63) is 48.6 Å². The average Bonchev–Trinajstić information content (AvgIpc) is 2.88. The monoisotopic (exact) mass is 520 g/mol. The second-order valence-electron chi connectivity index (χ2n) is 10.4. The molecule has 0 heterocycles. The molecule has 2 aliphatic rings. The van der Waals surface area contributed by atoms with E-state index in [1.54, 1.807) is 6.92 Å². The number of hydrogen-bond donors (Lipinski definition) is 0. The van der Waals surface area contributed by atoms with Gasteiger partial charge in [0, 0.05) is 11.1 Å². The average molecular weight is 521 g/mol. The van der Waals surface area contributed by atoms with Crippen LogP contribution in [0.2, 0.25) is 0 Å². The number of rotatable bonds is 11. The zero-order valence-corrected chi connectivity index (χ0v) is 21.8. The predicted molar refractivity (Wildman–Crippen MR) is 135 cm³/mol. The van der Waals surface area contributed by atoms with Gasteiger partial charge in [-0.1, -0.05) is 13.2 Å². The van der Waals surface area contributed by atoms with Gasteiger partial charge < -0.3 is 18.9 Å². The van der Waals surface area contributed by atoms with Gasteiger partial charge in [-0.05, 0) is 107 Å². The Morgan fingerprint density at radius 3 is 1.84 bits per heavy atom. The first-order chi connectivity index (χ1) is 17.5. The van der Waals surface area contributed by atoms with Crippen molar-refractivity contribution in [2.24, 2.45) is 23.7 Å². The molecule has 1 aromatic carbocycles. The quantitative estimate of drug-likeness (QED) is 0.181. The number of hydrogen-bond acceptors (Lipinski definition) is 6. The van der Waals surface area contributed by atoms with E-state index in [2.05, 4.69) is 13.2 Å². The van der Waals surface area contributed by atoms with Crippen molar-refractivity contribution in [2.75, 3.05) is 13.4 Å². The molecule has 0 amide bonds. The highest BCUT2D eigenvalue weighted by molar-refractivity contribution is 5.87. The van der Waals surface area contributed by atoms with Gasteiger partial charge in [-0.2, -0.15) is 8.78 Å². The first-order valence-corrected chi connectivity index (χ1v) is 13.0. The summed E-state index contributed by atoms with van der Waals surface area (Å²) in [5.41, 5.74) is 0.672. The minimum absolute atomic E-state index is 0.0593. The Labute approximate surface area is 218 Å². The molecular formula is C29H38F2O6. The van der Waals surface area contributed by atoms with Crippen molar-refractivity contribution in [1.29, 1.82) is 0 Å². The highest BCUT2D eigenvalue weighted by atomic mass is 19.3. The first-order valence-electron chi connectivity index (χ1n) is 13.0. The molecule has 2 saturated carbocycles. The fourth-order valence-corrected chi connectivity index (χ4v) is 5.19. The molecule has 2 aliphatic carbocycles. The van der Waals surface area contributed by atoms with Crippen LogP contribution in [-0.4, -0.2) is 31.4 Å². The molecule has 0 spiro atoms. The van der Waals surface area contributed by atoms with Gasteiger partial charge in [0.1, 0.15) is 11.5 Å².